The fraction of sp³-hybridized carbons (Fsp3) is 0.346. The molecular weight excluding hydrogens is 402 g/mol. The van der Waals surface area contributed by atoms with Crippen molar-refractivity contribution < 1.29 is 14.3 Å². The van der Waals surface area contributed by atoms with Crippen molar-refractivity contribution >= 4 is 23.6 Å². The maximum Gasteiger partial charge on any atom is 0.262 e. The van der Waals surface area contributed by atoms with E-state index in [9.17, 15) is 14.9 Å². The molecule has 3 rings (SSSR count). The van der Waals surface area contributed by atoms with E-state index in [0.29, 0.717) is 17.2 Å². The van der Waals surface area contributed by atoms with Gasteiger partial charge in [-0.3, -0.25) is 9.59 Å². The lowest BCUT2D eigenvalue weighted by Crippen LogP contribution is -2.41. The van der Waals surface area contributed by atoms with Crippen LogP contribution in [0.25, 0.3) is 6.08 Å². The van der Waals surface area contributed by atoms with E-state index in [2.05, 4.69) is 17.6 Å². The molecule has 32 heavy (non-hydrogen) atoms. The molecule has 0 spiro atoms. The van der Waals surface area contributed by atoms with Crippen LogP contribution in [-0.2, 0) is 9.59 Å². The van der Waals surface area contributed by atoms with Crippen LogP contribution in [0.1, 0.15) is 43.7 Å². The molecule has 0 saturated heterocycles. The van der Waals surface area contributed by atoms with Gasteiger partial charge in [0.2, 0.25) is 0 Å². The fourth-order valence-corrected chi connectivity index (χ4v) is 3.74. The molecule has 166 valence electrons. The highest BCUT2D eigenvalue weighted by molar-refractivity contribution is 6.01. The van der Waals surface area contributed by atoms with Crippen LogP contribution in [0.5, 0.6) is 5.75 Å². The van der Waals surface area contributed by atoms with Gasteiger partial charge < -0.3 is 15.4 Å². The number of aryl methyl sites for hydroxylation is 1. The lowest BCUT2D eigenvalue weighted by molar-refractivity contribution is -0.119. The zero-order valence-electron chi connectivity index (χ0n) is 18.6. The largest absolute Gasteiger partial charge is 0.484 e. The first-order valence-electron chi connectivity index (χ1n) is 11.0. The maximum absolute atomic E-state index is 12.5. The summed E-state index contributed by atoms with van der Waals surface area (Å²) in [5, 5.41) is 15.2. The van der Waals surface area contributed by atoms with Crippen LogP contribution in [0.4, 0.5) is 5.69 Å². The predicted molar refractivity (Wildman–Crippen MR) is 125 cm³/mol. The first-order chi connectivity index (χ1) is 15.4. The van der Waals surface area contributed by atoms with Gasteiger partial charge in [-0.25, -0.2) is 0 Å². The summed E-state index contributed by atoms with van der Waals surface area (Å²) in [4.78, 5) is 24.6. The number of rotatable bonds is 7. The number of carbonyl (C=O) groups is 2. The summed E-state index contributed by atoms with van der Waals surface area (Å²) in [7, 11) is 0. The second kappa shape index (κ2) is 11.1. The predicted octanol–water partition coefficient (Wildman–Crippen LogP) is 4.61. The quantitative estimate of drug-likeness (QED) is 0.495. The molecule has 0 unspecified atom stereocenters. The number of benzene rings is 2. The number of nitriles is 1. The minimum atomic E-state index is -0.334. The van der Waals surface area contributed by atoms with Crippen molar-refractivity contribution in [3.05, 3.63) is 65.2 Å². The van der Waals surface area contributed by atoms with E-state index >= 15 is 0 Å². The van der Waals surface area contributed by atoms with Gasteiger partial charge in [0, 0.05) is 11.7 Å². The Hall–Kier alpha value is -3.59. The lowest BCUT2D eigenvalue weighted by atomic mass is 9.86. The summed E-state index contributed by atoms with van der Waals surface area (Å²) in [6, 6.07) is 16.6. The van der Waals surface area contributed by atoms with E-state index in [1.807, 2.05) is 37.3 Å². The lowest BCUT2D eigenvalue weighted by Gasteiger charge is -2.29. The number of amides is 2. The van der Waals surface area contributed by atoms with Gasteiger partial charge in [0.25, 0.3) is 11.8 Å². The summed E-state index contributed by atoms with van der Waals surface area (Å²) in [5.74, 6) is 0.366. The number of hydrogen-bond acceptors (Lipinski definition) is 4. The smallest absolute Gasteiger partial charge is 0.262 e. The third kappa shape index (κ3) is 6.71. The van der Waals surface area contributed by atoms with Crippen molar-refractivity contribution in [2.75, 3.05) is 11.9 Å². The average Bonchev–Trinajstić information content (AvgIpc) is 2.80. The number of hydrogen-bond donors (Lipinski definition) is 2. The highest BCUT2D eigenvalue weighted by atomic mass is 16.5. The minimum absolute atomic E-state index is 0.0777. The Bertz CT molecular complexity index is 1000. The molecule has 0 bridgehead atoms. The first kappa shape index (κ1) is 23.1. The highest BCUT2D eigenvalue weighted by Gasteiger charge is 2.24. The molecule has 0 aromatic heterocycles. The van der Waals surface area contributed by atoms with Gasteiger partial charge in [0.15, 0.2) is 6.61 Å². The third-order valence-electron chi connectivity index (χ3n) is 5.69. The Labute approximate surface area is 189 Å². The monoisotopic (exact) mass is 431 g/mol. The standard InChI is InChI=1S/C26H29N3O3/c1-18-7-11-22(12-8-18)28-25(30)17-32-23-13-9-20(10-14-23)15-21(16-27)26(31)29-24-6-4-3-5-19(24)2/h7-15,19,24H,3-6,17H2,1-2H3,(H,28,30)(H,29,31)/b21-15+/t19-,24+/m1/s1. The molecule has 2 aromatic carbocycles. The van der Waals surface area contributed by atoms with Crippen LogP contribution in [0.3, 0.4) is 0 Å². The van der Waals surface area contributed by atoms with Crippen LogP contribution in [0, 0.1) is 24.2 Å². The second-order valence-electron chi connectivity index (χ2n) is 8.28. The van der Waals surface area contributed by atoms with Crippen molar-refractivity contribution in [1.29, 1.82) is 5.26 Å². The summed E-state index contributed by atoms with van der Waals surface area (Å²) in [6.07, 6.45) is 5.91. The zero-order chi connectivity index (χ0) is 22.9. The number of nitrogens with zero attached hydrogens (tertiary/aromatic N) is 1. The van der Waals surface area contributed by atoms with Crippen molar-refractivity contribution in [2.24, 2.45) is 5.92 Å². The average molecular weight is 432 g/mol. The molecule has 2 amide bonds. The van der Waals surface area contributed by atoms with E-state index in [1.165, 1.54) is 6.42 Å². The Kier molecular flexibility index (Phi) is 8.04. The molecule has 2 aromatic rings. The highest BCUT2D eigenvalue weighted by Crippen LogP contribution is 2.24. The molecule has 0 aliphatic heterocycles. The molecule has 0 radical (unpaired) electrons. The summed E-state index contributed by atoms with van der Waals surface area (Å²) >= 11 is 0. The van der Waals surface area contributed by atoms with Gasteiger partial charge in [-0.15, -0.1) is 0 Å². The van der Waals surface area contributed by atoms with Crippen LogP contribution in [0.15, 0.2) is 54.1 Å². The summed E-state index contributed by atoms with van der Waals surface area (Å²) in [5.41, 5.74) is 2.63. The second-order valence-corrected chi connectivity index (χ2v) is 8.28. The van der Waals surface area contributed by atoms with Gasteiger partial charge >= 0.3 is 0 Å². The van der Waals surface area contributed by atoms with Crippen molar-refractivity contribution in [1.82, 2.24) is 5.32 Å². The number of ether oxygens (including phenoxy) is 1. The van der Waals surface area contributed by atoms with Crippen molar-refractivity contribution in [3.63, 3.8) is 0 Å². The van der Waals surface area contributed by atoms with Gasteiger partial charge in [-0.05, 0) is 61.6 Å². The van der Waals surface area contributed by atoms with Crippen LogP contribution in [-0.4, -0.2) is 24.5 Å². The molecule has 1 aliphatic rings. The number of anilines is 1. The Morgan fingerprint density at radius 2 is 1.78 bits per heavy atom. The van der Waals surface area contributed by atoms with E-state index < -0.39 is 0 Å². The molecule has 1 saturated carbocycles. The number of carbonyl (C=O) groups excluding carboxylic acids is 2. The molecule has 6 heteroatoms. The minimum Gasteiger partial charge on any atom is -0.484 e. The third-order valence-corrected chi connectivity index (χ3v) is 5.69. The molecule has 1 fully saturated rings. The zero-order valence-corrected chi connectivity index (χ0v) is 18.6. The molecule has 2 atom stereocenters. The molecule has 0 heterocycles. The molecular formula is C26H29N3O3. The fourth-order valence-electron chi connectivity index (χ4n) is 3.74. The van der Waals surface area contributed by atoms with E-state index in [1.54, 1.807) is 30.3 Å². The molecule has 2 N–H and O–H groups in total. The van der Waals surface area contributed by atoms with Crippen LogP contribution >= 0.6 is 0 Å². The maximum atomic E-state index is 12.5. The number of nitrogens with one attached hydrogen (secondary N) is 2. The van der Waals surface area contributed by atoms with Crippen LogP contribution < -0.4 is 15.4 Å². The van der Waals surface area contributed by atoms with E-state index in [-0.39, 0.29) is 30.0 Å². The van der Waals surface area contributed by atoms with Gasteiger partial charge in [-0.1, -0.05) is 49.6 Å². The van der Waals surface area contributed by atoms with E-state index in [4.69, 9.17) is 4.74 Å². The SMILES string of the molecule is Cc1ccc(NC(=O)COc2ccc(/C=C(\C#N)C(=O)N[C@H]3CCCC[C@H]3C)cc2)cc1. The normalized spacial score (nSPS) is 18.3. The van der Waals surface area contributed by atoms with Crippen LogP contribution in [0.2, 0.25) is 0 Å². The summed E-state index contributed by atoms with van der Waals surface area (Å²) in [6.45, 7) is 4.00. The summed E-state index contributed by atoms with van der Waals surface area (Å²) < 4.78 is 5.53. The van der Waals surface area contributed by atoms with Gasteiger partial charge in [-0.2, -0.15) is 5.26 Å². The van der Waals surface area contributed by atoms with Crippen molar-refractivity contribution in [2.45, 2.75) is 45.6 Å². The van der Waals surface area contributed by atoms with Crippen molar-refractivity contribution in [3.8, 4) is 11.8 Å². The first-order valence-corrected chi connectivity index (χ1v) is 11.0. The molecule has 6 nitrogen and oxygen atoms in total. The molecule has 1 aliphatic carbocycles. The topological polar surface area (TPSA) is 91.2 Å². The Morgan fingerprint density at radius 3 is 2.44 bits per heavy atom. The Balaban J connectivity index is 1.53. The Morgan fingerprint density at radius 1 is 1.09 bits per heavy atom. The van der Waals surface area contributed by atoms with Gasteiger partial charge in [0.1, 0.15) is 17.4 Å². The van der Waals surface area contributed by atoms with E-state index in [0.717, 1.165) is 30.5 Å². The van der Waals surface area contributed by atoms with Gasteiger partial charge in [0.05, 0.1) is 0 Å².